The number of hydrogen-bond acceptors (Lipinski definition) is 3. The Bertz CT molecular complexity index is 752. The van der Waals surface area contributed by atoms with Gasteiger partial charge in [0.1, 0.15) is 0 Å². The van der Waals surface area contributed by atoms with E-state index in [1.807, 2.05) is 60.0 Å². The molecule has 3 nitrogen and oxygen atoms in total. The highest BCUT2D eigenvalue weighted by Crippen LogP contribution is 2.24. The summed E-state index contributed by atoms with van der Waals surface area (Å²) in [5.41, 5.74) is 7.85. The SMILES string of the molecule is NC(CC(=O)Nc1ccc2sccc2c1)c1ccccc1. The highest BCUT2D eigenvalue weighted by molar-refractivity contribution is 7.17. The van der Waals surface area contributed by atoms with Crippen LogP contribution < -0.4 is 11.1 Å². The normalized spacial score (nSPS) is 12.2. The lowest BCUT2D eigenvalue weighted by Crippen LogP contribution is -2.20. The quantitative estimate of drug-likeness (QED) is 0.766. The molecule has 106 valence electrons. The number of amides is 1. The molecule has 3 aromatic rings. The van der Waals surface area contributed by atoms with Crippen molar-refractivity contribution in [2.24, 2.45) is 5.73 Å². The van der Waals surface area contributed by atoms with Crippen LogP contribution in [-0.4, -0.2) is 5.91 Å². The predicted octanol–water partition coefficient (Wildman–Crippen LogP) is 3.93. The summed E-state index contributed by atoms with van der Waals surface area (Å²) >= 11 is 1.69. The van der Waals surface area contributed by atoms with Crippen LogP contribution in [0.3, 0.4) is 0 Å². The Morgan fingerprint density at radius 1 is 1.14 bits per heavy atom. The van der Waals surface area contributed by atoms with Gasteiger partial charge in [-0.25, -0.2) is 0 Å². The van der Waals surface area contributed by atoms with Gasteiger partial charge in [-0.05, 0) is 40.6 Å². The average molecular weight is 296 g/mol. The molecule has 0 aliphatic carbocycles. The maximum Gasteiger partial charge on any atom is 0.226 e. The first-order valence-electron chi connectivity index (χ1n) is 6.80. The van der Waals surface area contributed by atoms with Crippen molar-refractivity contribution in [2.45, 2.75) is 12.5 Å². The minimum absolute atomic E-state index is 0.0686. The monoisotopic (exact) mass is 296 g/mol. The van der Waals surface area contributed by atoms with Gasteiger partial charge >= 0.3 is 0 Å². The van der Waals surface area contributed by atoms with Crippen LogP contribution in [0.1, 0.15) is 18.0 Å². The molecule has 0 saturated carbocycles. The number of fused-ring (bicyclic) bond motifs is 1. The van der Waals surface area contributed by atoms with Crippen LogP contribution >= 0.6 is 11.3 Å². The number of nitrogens with one attached hydrogen (secondary N) is 1. The van der Waals surface area contributed by atoms with E-state index in [-0.39, 0.29) is 18.4 Å². The first-order chi connectivity index (χ1) is 10.2. The van der Waals surface area contributed by atoms with Crippen LogP contribution in [0.2, 0.25) is 0 Å². The second-order valence-corrected chi connectivity index (χ2v) is 5.89. The largest absolute Gasteiger partial charge is 0.326 e. The van der Waals surface area contributed by atoms with E-state index in [1.54, 1.807) is 11.3 Å². The first kappa shape index (κ1) is 13.8. The van der Waals surface area contributed by atoms with Gasteiger partial charge in [0.25, 0.3) is 0 Å². The van der Waals surface area contributed by atoms with E-state index in [2.05, 4.69) is 5.32 Å². The number of carbonyl (C=O) groups is 1. The Labute approximate surface area is 127 Å². The average Bonchev–Trinajstić information content (AvgIpc) is 2.95. The Balaban J connectivity index is 1.66. The lowest BCUT2D eigenvalue weighted by Gasteiger charge is -2.12. The second kappa shape index (κ2) is 6.08. The topological polar surface area (TPSA) is 55.1 Å². The fraction of sp³-hybridized carbons (Fsp3) is 0.118. The van der Waals surface area contributed by atoms with E-state index in [4.69, 9.17) is 5.73 Å². The molecule has 0 aliphatic heterocycles. The van der Waals surface area contributed by atoms with Crippen LogP contribution in [0.15, 0.2) is 60.0 Å². The Morgan fingerprint density at radius 2 is 1.95 bits per heavy atom. The van der Waals surface area contributed by atoms with Crippen molar-refractivity contribution in [3.05, 3.63) is 65.5 Å². The fourth-order valence-electron chi connectivity index (χ4n) is 2.27. The summed E-state index contributed by atoms with van der Waals surface area (Å²) in [6, 6.07) is 17.4. The molecule has 3 rings (SSSR count). The standard InChI is InChI=1S/C17H16N2OS/c18-15(12-4-2-1-3-5-12)11-17(20)19-14-6-7-16-13(10-14)8-9-21-16/h1-10,15H,11,18H2,(H,19,20). The van der Waals surface area contributed by atoms with Crippen LogP contribution in [-0.2, 0) is 4.79 Å². The van der Waals surface area contributed by atoms with Gasteiger partial charge in [-0.2, -0.15) is 0 Å². The molecule has 3 N–H and O–H groups in total. The highest BCUT2D eigenvalue weighted by atomic mass is 32.1. The van der Waals surface area contributed by atoms with Crippen molar-refractivity contribution >= 4 is 33.0 Å². The van der Waals surface area contributed by atoms with Crippen molar-refractivity contribution in [3.8, 4) is 0 Å². The number of rotatable bonds is 4. The predicted molar refractivity (Wildman–Crippen MR) is 88.4 cm³/mol. The van der Waals surface area contributed by atoms with Crippen molar-refractivity contribution in [1.82, 2.24) is 0 Å². The van der Waals surface area contributed by atoms with Crippen molar-refractivity contribution in [3.63, 3.8) is 0 Å². The molecule has 0 fully saturated rings. The molecule has 0 saturated heterocycles. The minimum Gasteiger partial charge on any atom is -0.326 e. The van der Waals surface area contributed by atoms with E-state index >= 15 is 0 Å². The van der Waals surface area contributed by atoms with Crippen molar-refractivity contribution in [2.75, 3.05) is 5.32 Å². The molecular formula is C17H16N2OS. The smallest absolute Gasteiger partial charge is 0.226 e. The second-order valence-electron chi connectivity index (χ2n) is 4.94. The lowest BCUT2D eigenvalue weighted by atomic mass is 10.0. The third kappa shape index (κ3) is 3.29. The molecule has 1 amide bonds. The molecule has 1 aromatic heterocycles. The molecule has 0 spiro atoms. The summed E-state index contributed by atoms with van der Waals surface area (Å²) in [5, 5.41) is 6.10. The van der Waals surface area contributed by atoms with Crippen LogP contribution in [0.5, 0.6) is 0 Å². The summed E-state index contributed by atoms with van der Waals surface area (Å²) < 4.78 is 1.22. The summed E-state index contributed by atoms with van der Waals surface area (Å²) in [6.07, 6.45) is 0.270. The molecule has 4 heteroatoms. The number of carbonyl (C=O) groups excluding carboxylic acids is 1. The maximum absolute atomic E-state index is 12.1. The van der Waals surface area contributed by atoms with Gasteiger partial charge in [-0.15, -0.1) is 11.3 Å². The molecule has 1 atom stereocenters. The molecule has 1 heterocycles. The van der Waals surface area contributed by atoms with Crippen LogP contribution in [0.25, 0.3) is 10.1 Å². The summed E-state index contributed by atoms with van der Waals surface area (Å²) in [7, 11) is 0. The Morgan fingerprint density at radius 3 is 2.76 bits per heavy atom. The summed E-state index contributed by atoms with van der Waals surface area (Å²) in [4.78, 5) is 12.1. The van der Waals surface area contributed by atoms with Crippen molar-refractivity contribution < 1.29 is 4.79 Å². The molecule has 1 unspecified atom stereocenters. The first-order valence-corrected chi connectivity index (χ1v) is 7.68. The Hall–Kier alpha value is -2.17. The fourth-order valence-corrected chi connectivity index (χ4v) is 3.05. The van der Waals surface area contributed by atoms with Gasteiger partial charge in [-0.3, -0.25) is 4.79 Å². The van der Waals surface area contributed by atoms with Crippen molar-refractivity contribution in [1.29, 1.82) is 0 Å². The third-order valence-electron chi connectivity index (χ3n) is 3.37. The molecule has 0 aliphatic rings. The number of hydrogen-bond donors (Lipinski definition) is 2. The summed E-state index contributed by atoms with van der Waals surface area (Å²) in [6.45, 7) is 0. The lowest BCUT2D eigenvalue weighted by molar-refractivity contribution is -0.116. The third-order valence-corrected chi connectivity index (χ3v) is 4.27. The van der Waals surface area contributed by atoms with E-state index in [0.717, 1.165) is 16.6 Å². The summed E-state index contributed by atoms with van der Waals surface area (Å²) in [5.74, 6) is -0.0686. The van der Waals surface area contributed by atoms with Crippen LogP contribution in [0, 0.1) is 0 Å². The zero-order valence-corrected chi connectivity index (χ0v) is 12.3. The Kier molecular flexibility index (Phi) is 3.99. The number of thiophene rings is 1. The van der Waals surface area contributed by atoms with Gasteiger partial charge in [0, 0.05) is 22.8 Å². The number of nitrogens with two attached hydrogens (primary N) is 1. The van der Waals surface area contributed by atoms with Gasteiger partial charge in [0.15, 0.2) is 0 Å². The zero-order valence-electron chi connectivity index (χ0n) is 11.5. The molecule has 0 radical (unpaired) electrons. The molecule has 2 aromatic carbocycles. The molecular weight excluding hydrogens is 280 g/mol. The minimum atomic E-state index is -0.281. The molecule has 0 bridgehead atoms. The molecule has 21 heavy (non-hydrogen) atoms. The van der Waals surface area contributed by atoms with Gasteiger partial charge in [-0.1, -0.05) is 30.3 Å². The van der Waals surface area contributed by atoms with Gasteiger partial charge in [0.05, 0.1) is 0 Å². The number of anilines is 1. The van der Waals surface area contributed by atoms with E-state index < -0.39 is 0 Å². The van der Waals surface area contributed by atoms with Crippen LogP contribution in [0.4, 0.5) is 5.69 Å². The van der Waals surface area contributed by atoms with E-state index in [1.165, 1.54) is 4.70 Å². The highest BCUT2D eigenvalue weighted by Gasteiger charge is 2.11. The zero-order chi connectivity index (χ0) is 14.7. The maximum atomic E-state index is 12.1. The number of benzene rings is 2. The van der Waals surface area contributed by atoms with E-state index in [0.29, 0.717) is 0 Å². The van der Waals surface area contributed by atoms with Gasteiger partial charge < -0.3 is 11.1 Å². The van der Waals surface area contributed by atoms with E-state index in [9.17, 15) is 4.79 Å². The van der Waals surface area contributed by atoms with Gasteiger partial charge in [0.2, 0.25) is 5.91 Å².